The van der Waals surface area contributed by atoms with Gasteiger partial charge in [-0.15, -0.1) is 0 Å². The van der Waals surface area contributed by atoms with Crippen molar-refractivity contribution < 1.29 is 19.1 Å². The Morgan fingerprint density at radius 2 is 2.05 bits per heavy atom. The van der Waals surface area contributed by atoms with Crippen molar-refractivity contribution in [3.8, 4) is 5.75 Å². The summed E-state index contributed by atoms with van der Waals surface area (Å²) in [5, 5.41) is 2.80. The number of nitrogens with zero attached hydrogens (tertiary/aromatic N) is 6. The quantitative estimate of drug-likeness (QED) is 0.507. The molecule has 1 atom stereocenters. The summed E-state index contributed by atoms with van der Waals surface area (Å²) in [5.74, 6) is 1.25. The Labute approximate surface area is 213 Å². The molecule has 3 aromatic rings. The molecule has 2 aromatic heterocycles. The van der Waals surface area contributed by atoms with Crippen LogP contribution in [0.1, 0.15) is 24.7 Å². The Morgan fingerprint density at radius 1 is 1.24 bits per heavy atom. The van der Waals surface area contributed by atoms with Gasteiger partial charge in [0.2, 0.25) is 11.8 Å². The number of nitrogen functional groups attached to an aromatic ring is 1. The predicted octanol–water partition coefficient (Wildman–Crippen LogP) is 2.05. The normalized spacial score (nSPS) is 17.8. The largest absolute Gasteiger partial charge is 0.495 e. The number of carbonyl (C=O) groups excluding carboxylic acids is 3. The number of nitrogens with one attached hydrogen (secondary N) is 1. The lowest BCUT2D eigenvalue weighted by Crippen LogP contribution is -2.53. The fraction of sp³-hybridized carbons (Fsp3) is 0.320. The third-order valence-electron chi connectivity index (χ3n) is 6.71. The van der Waals surface area contributed by atoms with Gasteiger partial charge in [0.05, 0.1) is 18.8 Å². The lowest BCUT2D eigenvalue weighted by molar-refractivity contribution is -0.127. The summed E-state index contributed by atoms with van der Waals surface area (Å²) in [6, 6.07) is 6.38. The molecule has 3 N–H and O–H groups in total. The number of rotatable bonds is 5. The smallest absolute Gasteiger partial charge is 0.322 e. The van der Waals surface area contributed by atoms with E-state index in [9.17, 15) is 14.4 Å². The lowest BCUT2D eigenvalue weighted by atomic mass is 10.2. The zero-order valence-corrected chi connectivity index (χ0v) is 20.5. The SMILES string of the molecule is C=CC(=O)N1CCCC1c1nc(N2CCN(C(=O)Nc3ccccc3OC)CC2=O)c2c(N)nccn12. The van der Waals surface area contributed by atoms with E-state index in [0.29, 0.717) is 35.1 Å². The number of anilines is 3. The molecule has 12 nitrogen and oxygen atoms in total. The van der Waals surface area contributed by atoms with Crippen molar-refractivity contribution in [2.45, 2.75) is 18.9 Å². The number of likely N-dealkylation sites (tertiary alicyclic amines) is 1. The van der Waals surface area contributed by atoms with Gasteiger partial charge in [-0.25, -0.2) is 14.8 Å². The number of methoxy groups -OCH3 is 1. The molecule has 37 heavy (non-hydrogen) atoms. The first kappa shape index (κ1) is 24.1. The monoisotopic (exact) mass is 504 g/mol. The number of para-hydroxylation sites is 2. The Morgan fingerprint density at radius 3 is 2.81 bits per heavy atom. The van der Waals surface area contributed by atoms with Crippen LogP contribution in [0.3, 0.4) is 0 Å². The first-order chi connectivity index (χ1) is 17.9. The van der Waals surface area contributed by atoms with Gasteiger partial charge in [-0.05, 0) is 31.1 Å². The van der Waals surface area contributed by atoms with Gasteiger partial charge >= 0.3 is 6.03 Å². The number of imidazole rings is 1. The van der Waals surface area contributed by atoms with Crippen molar-refractivity contribution in [1.82, 2.24) is 24.2 Å². The topological polar surface area (TPSA) is 138 Å². The van der Waals surface area contributed by atoms with E-state index >= 15 is 0 Å². The Bertz CT molecular complexity index is 1390. The van der Waals surface area contributed by atoms with Crippen LogP contribution in [0.25, 0.3) is 5.52 Å². The molecule has 0 bridgehead atoms. The summed E-state index contributed by atoms with van der Waals surface area (Å²) in [6.07, 6.45) is 6.14. The number of urea groups is 1. The van der Waals surface area contributed by atoms with Crippen molar-refractivity contribution in [3.05, 3.63) is 55.1 Å². The molecule has 4 heterocycles. The average Bonchev–Trinajstić information content (AvgIpc) is 3.54. The second kappa shape index (κ2) is 9.80. The summed E-state index contributed by atoms with van der Waals surface area (Å²) in [6.45, 7) is 4.57. The van der Waals surface area contributed by atoms with E-state index in [-0.39, 0.29) is 43.3 Å². The summed E-state index contributed by atoms with van der Waals surface area (Å²) in [4.78, 5) is 52.3. The second-order valence-electron chi connectivity index (χ2n) is 8.82. The van der Waals surface area contributed by atoms with E-state index in [1.165, 1.54) is 23.0 Å². The molecule has 2 saturated heterocycles. The van der Waals surface area contributed by atoms with E-state index in [2.05, 4.69) is 16.9 Å². The molecule has 2 aliphatic rings. The van der Waals surface area contributed by atoms with Gasteiger partial charge in [0.25, 0.3) is 0 Å². The lowest BCUT2D eigenvalue weighted by Gasteiger charge is -2.33. The Balaban J connectivity index is 1.41. The van der Waals surface area contributed by atoms with Crippen LogP contribution in [0.4, 0.5) is 22.1 Å². The van der Waals surface area contributed by atoms with E-state index < -0.39 is 6.03 Å². The fourth-order valence-corrected chi connectivity index (χ4v) is 4.92. The molecule has 4 amide bonds. The highest BCUT2D eigenvalue weighted by Gasteiger charge is 2.36. The maximum absolute atomic E-state index is 13.3. The molecule has 2 fully saturated rings. The van der Waals surface area contributed by atoms with Gasteiger partial charge < -0.3 is 25.6 Å². The van der Waals surface area contributed by atoms with Crippen molar-refractivity contribution in [2.24, 2.45) is 0 Å². The molecule has 1 aromatic carbocycles. The van der Waals surface area contributed by atoms with Crippen LogP contribution in [-0.4, -0.2) is 75.3 Å². The van der Waals surface area contributed by atoms with Crippen LogP contribution < -0.4 is 20.7 Å². The minimum absolute atomic E-state index is 0.139. The van der Waals surface area contributed by atoms with Gasteiger partial charge in [0, 0.05) is 32.0 Å². The van der Waals surface area contributed by atoms with Crippen LogP contribution in [0.5, 0.6) is 5.75 Å². The van der Waals surface area contributed by atoms with Crippen molar-refractivity contribution in [1.29, 1.82) is 0 Å². The van der Waals surface area contributed by atoms with E-state index in [1.807, 2.05) is 0 Å². The second-order valence-corrected chi connectivity index (χ2v) is 8.82. The molecule has 0 aliphatic carbocycles. The molecule has 1 unspecified atom stereocenters. The number of amides is 4. The van der Waals surface area contributed by atoms with Crippen molar-refractivity contribution >= 4 is 40.7 Å². The van der Waals surface area contributed by atoms with Gasteiger partial charge in [-0.1, -0.05) is 18.7 Å². The van der Waals surface area contributed by atoms with E-state index in [1.54, 1.807) is 46.0 Å². The van der Waals surface area contributed by atoms with Crippen LogP contribution in [0.15, 0.2) is 49.3 Å². The summed E-state index contributed by atoms with van der Waals surface area (Å²) in [7, 11) is 1.52. The van der Waals surface area contributed by atoms with Gasteiger partial charge in [-0.2, -0.15) is 0 Å². The van der Waals surface area contributed by atoms with Crippen LogP contribution >= 0.6 is 0 Å². The minimum atomic E-state index is -0.404. The number of aromatic nitrogens is 3. The first-order valence-electron chi connectivity index (χ1n) is 12.0. The third-order valence-corrected chi connectivity index (χ3v) is 6.71. The van der Waals surface area contributed by atoms with Gasteiger partial charge in [-0.3, -0.25) is 18.9 Å². The van der Waals surface area contributed by atoms with Gasteiger partial charge in [0.1, 0.15) is 23.6 Å². The number of ether oxygens (including phenoxy) is 1. The van der Waals surface area contributed by atoms with Crippen molar-refractivity contribution in [2.75, 3.05) is 49.2 Å². The van der Waals surface area contributed by atoms with Gasteiger partial charge in [0.15, 0.2) is 11.6 Å². The summed E-state index contributed by atoms with van der Waals surface area (Å²) < 4.78 is 7.09. The minimum Gasteiger partial charge on any atom is -0.495 e. The predicted molar refractivity (Wildman–Crippen MR) is 137 cm³/mol. The molecule has 12 heteroatoms. The fourth-order valence-electron chi connectivity index (χ4n) is 4.92. The first-order valence-corrected chi connectivity index (χ1v) is 12.0. The highest BCUT2D eigenvalue weighted by molar-refractivity contribution is 6.03. The molecule has 0 radical (unpaired) electrons. The van der Waals surface area contributed by atoms with Crippen LogP contribution in [0, 0.1) is 0 Å². The summed E-state index contributed by atoms with van der Waals surface area (Å²) >= 11 is 0. The number of piperazine rings is 1. The maximum atomic E-state index is 13.3. The zero-order valence-electron chi connectivity index (χ0n) is 20.5. The standard InChI is InChI=1S/C25H28N8O4/c1-3-19(34)31-11-6-8-17(31)23-29-24(21-22(26)27-10-12-33(21)23)32-14-13-30(15-20(32)35)25(36)28-16-7-4-5-9-18(16)37-2/h3-5,7,9-10,12,17H,1,6,8,11,13-15H2,2H3,(H2,26,27)(H,28,36). The highest BCUT2D eigenvalue weighted by Crippen LogP contribution is 2.36. The number of benzene rings is 1. The van der Waals surface area contributed by atoms with E-state index in [0.717, 1.165) is 12.8 Å². The molecular formula is C25H28N8O4. The average molecular weight is 505 g/mol. The number of carbonyl (C=O) groups is 3. The summed E-state index contributed by atoms with van der Waals surface area (Å²) in [5.41, 5.74) is 7.25. The maximum Gasteiger partial charge on any atom is 0.322 e. The molecule has 5 rings (SSSR count). The zero-order chi connectivity index (χ0) is 26.1. The Hall–Kier alpha value is -4.61. The molecule has 0 saturated carbocycles. The molecule has 2 aliphatic heterocycles. The highest BCUT2D eigenvalue weighted by atomic mass is 16.5. The number of fused-ring (bicyclic) bond motifs is 1. The van der Waals surface area contributed by atoms with Crippen LogP contribution in [-0.2, 0) is 9.59 Å². The van der Waals surface area contributed by atoms with Crippen LogP contribution in [0.2, 0.25) is 0 Å². The van der Waals surface area contributed by atoms with Crippen molar-refractivity contribution in [3.63, 3.8) is 0 Å². The third kappa shape index (κ3) is 4.30. The number of hydrogen-bond donors (Lipinski definition) is 2. The molecular weight excluding hydrogens is 476 g/mol. The number of hydrogen-bond acceptors (Lipinski definition) is 7. The molecule has 0 spiro atoms. The van der Waals surface area contributed by atoms with E-state index in [4.69, 9.17) is 15.5 Å². The molecule has 192 valence electrons. The number of nitrogens with two attached hydrogens (primary N) is 1. The Kier molecular flexibility index (Phi) is 6.38.